The lowest BCUT2D eigenvalue weighted by atomic mass is 10.2. The second kappa shape index (κ2) is 6.60. The van der Waals surface area contributed by atoms with E-state index in [0.717, 1.165) is 0 Å². The van der Waals surface area contributed by atoms with Gasteiger partial charge in [-0.25, -0.2) is 4.79 Å². The van der Waals surface area contributed by atoms with Crippen LogP contribution in [0.3, 0.4) is 0 Å². The summed E-state index contributed by atoms with van der Waals surface area (Å²) in [4.78, 5) is 15.7. The quantitative estimate of drug-likeness (QED) is 0.630. The van der Waals surface area contributed by atoms with Crippen LogP contribution >= 0.6 is 0 Å². The number of ether oxygens (including phenoxy) is 3. The van der Waals surface area contributed by atoms with Gasteiger partial charge in [-0.3, -0.25) is 0 Å². The van der Waals surface area contributed by atoms with Crippen LogP contribution in [0.25, 0.3) is 11.4 Å². The van der Waals surface area contributed by atoms with Crippen molar-refractivity contribution in [3.8, 4) is 23.1 Å². The van der Waals surface area contributed by atoms with Gasteiger partial charge in [0.05, 0.1) is 13.7 Å². The third-order valence-electron chi connectivity index (χ3n) is 2.54. The van der Waals surface area contributed by atoms with Crippen LogP contribution in [-0.4, -0.2) is 46.4 Å². The number of methoxy groups -OCH3 is 1. The summed E-state index contributed by atoms with van der Waals surface area (Å²) in [5, 5.41) is 13.4. The number of hydrogen-bond acceptors (Lipinski definition) is 7. The Balaban J connectivity index is 2.09. The Kier molecular flexibility index (Phi) is 4.60. The SMILES string of the molecule is CCOC(=O)COc1nc(-c2ccc(OC)cc2)n(O)n1. The molecule has 0 bridgehead atoms. The van der Waals surface area contributed by atoms with Gasteiger partial charge in [0.25, 0.3) is 0 Å². The zero-order valence-corrected chi connectivity index (χ0v) is 11.6. The lowest BCUT2D eigenvalue weighted by molar-refractivity contribution is -0.145. The van der Waals surface area contributed by atoms with Crippen molar-refractivity contribution in [2.75, 3.05) is 20.3 Å². The molecule has 0 atom stereocenters. The van der Waals surface area contributed by atoms with E-state index in [1.54, 1.807) is 38.3 Å². The van der Waals surface area contributed by atoms with Crippen LogP contribution in [0.4, 0.5) is 0 Å². The Morgan fingerprint density at radius 3 is 2.67 bits per heavy atom. The highest BCUT2D eigenvalue weighted by Crippen LogP contribution is 2.21. The third kappa shape index (κ3) is 3.62. The van der Waals surface area contributed by atoms with Crippen molar-refractivity contribution >= 4 is 5.97 Å². The van der Waals surface area contributed by atoms with E-state index in [-0.39, 0.29) is 25.0 Å². The van der Waals surface area contributed by atoms with E-state index in [0.29, 0.717) is 16.2 Å². The summed E-state index contributed by atoms with van der Waals surface area (Å²) in [6.45, 7) is 1.64. The van der Waals surface area contributed by atoms with E-state index < -0.39 is 5.97 Å². The molecule has 8 nitrogen and oxygen atoms in total. The van der Waals surface area contributed by atoms with E-state index >= 15 is 0 Å². The summed E-state index contributed by atoms with van der Waals surface area (Å²) < 4.78 is 14.8. The molecule has 0 aliphatic rings. The highest BCUT2D eigenvalue weighted by Gasteiger charge is 2.14. The average molecular weight is 293 g/mol. The zero-order chi connectivity index (χ0) is 15.2. The van der Waals surface area contributed by atoms with Gasteiger partial charge in [0, 0.05) is 5.56 Å². The Morgan fingerprint density at radius 1 is 1.33 bits per heavy atom. The Hall–Kier alpha value is -2.77. The molecule has 0 fully saturated rings. The Bertz CT molecular complexity index is 609. The minimum atomic E-state index is -0.530. The van der Waals surface area contributed by atoms with Gasteiger partial charge >= 0.3 is 12.0 Å². The first-order chi connectivity index (χ1) is 10.1. The van der Waals surface area contributed by atoms with E-state index in [9.17, 15) is 10.0 Å². The van der Waals surface area contributed by atoms with Gasteiger partial charge in [0.2, 0.25) is 5.82 Å². The van der Waals surface area contributed by atoms with Crippen LogP contribution in [0, 0.1) is 0 Å². The van der Waals surface area contributed by atoms with Crippen molar-refractivity contribution < 1.29 is 24.2 Å². The maximum atomic E-state index is 11.2. The molecule has 0 spiro atoms. The number of esters is 1. The first-order valence-electron chi connectivity index (χ1n) is 6.23. The lowest BCUT2D eigenvalue weighted by Crippen LogP contribution is -2.15. The van der Waals surface area contributed by atoms with E-state index in [1.807, 2.05) is 0 Å². The van der Waals surface area contributed by atoms with Crippen LogP contribution in [0.2, 0.25) is 0 Å². The fourth-order valence-corrected chi connectivity index (χ4v) is 1.59. The van der Waals surface area contributed by atoms with E-state index in [2.05, 4.69) is 10.1 Å². The highest BCUT2D eigenvalue weighted by molar-refractivity contribution is 5.70. The number of nitrogens with zero attached hydrogens (tertiary/aromatic N) is 3. The molecule has 112 valence electrons. The molecule has 0 saturated heterocycles. The molecule has 2 aromatic rings. The number of rotatable bonds is 6. The second-order valence-electron chi connectivity index (χ2n) is 3.93. The first kappa shape index (κ1) is 14.6. The summed E-state index contributed by atoms with van der Waals surface area (Å²) in [5.74, 6) is 0.343. The molecule has 0 unspecified atom stereocenters. The molecule has 1 N–H and O–H groups in total. The molecular weight excluding hydrogens is 278 g/mol. The van der Waals surface area contributed by atoms with Gasteiger partial charge in [0.15, 0.2) is 6.61 Å². The van der Waals surface area contributed by atoms with Crippen LogP contribution in [0.1, 0.15) is 6.92 Å². The molecule has 0 aliphatic carbocycles. The normalized spacial score (nSPS) is 10.2. The first-order valence-corrected chi connectivity index (χ1v) is 6.23. The van der Waals surface area contributed by atoms with Gasteiger partial charge in [-0.1, -0.05) is 9.94 Å². The Morgan fingerprint density at radius 2 is 2.05 bits per heavy atom. The fraction of sp³-hybridized carbons (Fsp3) is 0.308. The topological polar surface area (TPSA) is 95.7 Å². The predicted molar refractivity (Wildman–Crippen MR) is 71.3 cm³/mol. The lowest BCUT2D eigenvalue weighted by Gasteiger charge is -2.01. The summed E-state index contributed by atoms with van der Waals surface area (Å²) in [7, 11) is 1.56. The molecule has 0 aliphatic heterocycles. The summed E-state index contributed by atoms with van der Waals surface area (Å²) in [6, 6.07) is 6.76. The molecule has 2 rings (SSSR count). The molecule has 0 radical (unpaired) electrons. The fourth-order valence-electron chi connectivity index (χ4n) is 1.59. The second-order valence-corrected chi connectivity index (χ2v) is 3.93. The molecule has 0 saturated carbocycles. The largest absolute Gasteiger partial charge is 0.497 e. The molecule has 21 heavy (non-hydrogen) atoms. The van der Waals surface area contributed by atoms with Crippen LogP contribution in [-0.2, 0) is 9.53 Å². The maximum absolute atomic E-state index is 11.2. The van der Waals surface area contributed by atoms with Gasteiger partial charge in [0.1, 0.15) is 5.75 Å². The number of benzene rings is 1. The monoisotopic (exact) mass is 293 g/mol. The summed E-state index contributed by atoms with van der Waals surface area (Å²) >= 11 is 0. The maximum Gasteiger partial charge on any atom is 0.344 e. The van der Waals surface area contributed by atoms with Crippen molar-refractivity contribution in [1.82, 2.24) is 14.9 Å². The minimum Gasteiger partial charge on any atom is -0.497 e. The molecule has 0 amide bonds. The van der Waals surface area contributed by atoms with Crippen molar-refractivity contribution in [3.05, 3.63) is 24.3 Å². The van der Waals surface area contributed by atoms with Crippen LogP contribution in [0.5, 0.6) is 11.8 Å². The van der Waals surface area contributed by atoms with Crippen molar-refractivity contribution in [2.24, 2.45) is 0 Å². The van der Waals surface area contributed by atoms with Gasteiger partial charge in [-0.15, -0.1) is 0 Å². The zero-order valence-electron chi connectivity index (χ0n) is 11.6. The standard InChI is InChI=1S/C13H15N3O5/c1-3-20-11(17)8-21-13-14-12(16(18)15-13)9-4-6-10(19-2)7-5-9/h4-7,18H,3,8H2,1-2H3. The molecule has 1 heterocycles. The predicted octanol–water partition coefficient (Wildman–Crippen LogP) is 1.13. The molecular formula is C13H15N3O5. The molecule has 1 aromatic heterocycles. The molecule has 8 heteroatoms. The van der Waals surface area contributed by atoms with Gasteiger partial charge < -0.3 is 19.4 Å². The van der Waals surface area contributed by atoms with Crippen LogP contribution < -0.4 is 9.47 Å². The van der Waals surface area contributed by atoms with E-state index in [4.69, 9.17) is 14.2 Å². The smallest absolute Gasteiger partial charge is 0.344 e. The number of hydrogen-bond donors (Lipinski definition) is 1. The summed E-state index contributed by atoms with van der Waals surface area (Å²) in [5.41, 5.74) is 0.622. The minimum absolute atomic E-state index is 0.114. The van der Waals surface area contributed by atoms with Crippen molar-refractivity contribution in [1.29, 1.82) is 0 Å². The number of carbonyl (C=O) groups is 1. The van der Waals surface area contributed by atoms with Crippen LogP contribution in [0.15, 0.2) is 24.3 Å². The van der Waals surface area contributed by atoms with Gasteiger partial charge in [-0.05, 0) is 31.2 Å². The number of carbonyl (C=O) groups excluding carboxylic acids is 1. The highest BCUT2D eigenvalue weighted by atomic mass is 16.6. The summed E-state index contributed by atoms with van der Waals surface area (Å²) in [6.07, 6.45) is 0. The Labute approximate surface area is 120 Å². The van der Waals surface area contributed by atoms with Crippen molar-refractivity contribution in [3.63, 3.8) is 0 Å². The molecule has 1 aromatic carbocycles. The van der Waals surface area contributed by atoms with E-state index in [1.165, 1.54) is 0 Å². The number of aromatic nitrogens is 3. The third-order valence-corrected chi connectivity index (χ3v) is 2.54. The average Bonchev–Trinajstić information content (AvgIpc) is 2.87. The van der Waals surface area contributed by atoms with Gasteiger partial charge in [-0.2, -0.15) is 4.98 Å². The van der Waals surface area contributed by atoms with Crippen molar-refractivity contribution in [2.45, 2.75) is 6.92 Å².